The Labute approximate surface area is 120 Å². The zero-order valence-corrected chi connectivity index (χ0v) is 12.6. The van der Waals surface area contributed by atoms with Crippen molar-refractivity contribution in [2.24, 2.45) is 12.8 Å². The van der Waals surface area contributed by atoms with Crippen molar-refractivity contribution in [3.05, 3.63) is 47.8 Å². The molecule has 4 heteroatoms. The van der Waals surface area contributed by atoms with Gasteiger partial charge < -0.3 is 10.5 Å². The molecule has 0 saturated carbocycles. The van der Waals surface area contributed by atoms with Gasteiger partial charge in [0.15, 0.2) is 0 Å². The fourth-order valence-electron chi connectivity index (χ4n) is 2.06. The molecule has 0 amide bonds. The predicted molar refractivity (Wildman–Crippen MR) is 80.8 cm³/mol. The number of aryl methyl sites for hydroxylation is 1. The normalized spacial score (nSPS) is 13.2. The van der Waals surface area contributed by atoms with Crippen molar-refractivity contribution in [1.82, 2.24) is 9.78 Å². The molecule has 0 radical (unpaired) electrons. The second-order valence-electron chi connectivity index (χ2n) is 6.07. The molecule has 2 aromatic rings. The van der Waals surface area contributed by atoms with Crippen LogP contribution in [0, 0.1) is 0 Å². The maximum atomic E-state index is 6.02. The van der Waals surface area contributed by atoms with E-state index in [2.05, 4.69) is 38.0 Å². The summed E-state index contributed by atoms with van der Waals surface area (Å²) in [5.74, 6) is 0.844. The summed E-state index contributed by atoms with van der Waals surface area (Å²) in [6.07, 6.45) is 3.56. The van der Waals surface area contributed by atoms with Gasteiger partial charge in [-0.1, -0.05) is 32.9 Å². The lowest BCUT2D eigenvalue weighted by atomic mass is 9.87. The Morgan fingerprint density at radius 1 is 1.35 bits per heavy atom. The zero-order valence-electron chi connectivity index (χ0n) is 12.6. The van der Waals surface area contributed by atoms with Crippen LogP contribution in [0.2, 0.25) is 0 Å². The van der Waals surface area contributed by atoms with Crippen molar-refractivity contribution < 1.29 is 4.74 Å². The lowest BCUT2D eigenvalue weighted by Gasteiger charge is -2.21. The van der Waals surface area contributed by atoms with E-state index >= 15 is 0 Å². The highest BCUT2D eigenvalue weighted by Crippen LogP contribution is 2.28. The molecule has 0 aliphatic carbocycles. The van der Waals surface area contributed by atoms with E-state index in [0.717, 1.165) is 11.3 Å². The molecule has 2 N–H and O–H groups in total. The van der Waals surface area contributed by atoms with Gasteiger partial charge in [-0.05, 0) is 23.1 Å². The molecule has 1 aromatic carbocycles. The van der Waals surface area contributed by atoms with Crippen LogP contribution in [0.4, 0.5) is 0 Å². The highest BCUT2D eigenvalue weighted by atomic mass is 16.5. The Bertz CT molecular complexity index is 569. The predicted octanol–water partition coefficient (Wildman–Crippen LogP) is 2.80. The van der Waals surface area contributed by atoms with E-state index in [-0.39, 0.29) is 11.5 Å². The Balaban J connectivity index is 2.20. The Hall–Kier alpha value is -1.81. The molecule has 0 saturated heterocycles. The number of nitrogens with zero attached hydrogens (tertiary/aromatic N) is 2. The van der Waals surface area contributed by atoms with Gasteiger partial charge >= 0.3 is 0 Å². The smallest absolute Gasteiger partial charge is 0.139 e. The second-order valence-corrected chi connectivity index (χ2v) is 6.07. The van der Waals surface area contributed by atoms with E-state index < -0.39 is 0 Å². The number of ether oxygens (including phenoxy) is 1. The molecule has 1 atom stereocenters. The maximum absolute atomic E-state index is 6.02. The summed E-state index contributed by atoms with van der Waals surface area (Å²) in [7, 11) is 1.89. The first-order valence-electron chi connectivity index (χ1n) is 6.86. The largest absolute Gasteiger partial charge is 0.484 e. The summed E-state index contributed by atoms with van der Waals surface area (Å²) in [5.41, 5.74) is 8.17. The molecule has 2 rings (SSSR count). The minimum Gasteiger partial charge on any atom is -0.484 e. The van der Waals surface area contributed by atoms with Crippen LogP contribution in [0.3, 0.4) is 0 Å². The third-order valence-electron chi connectivity index (χ3n) is 3.29. The Kier molecular flexibility index (Phi) is 4.14. The van der Waals surface area contributed by atoms with Gasteiger partial charge in [0.2, 0.25) is 0 Å². The number of hydrogen-bond donors (Lipinski definition) is 1. The van der Waals surface area contributed by atoms with E-state index in [0.29, 0.717) is 6.54 Å². The minimum absolute atomic E-state index is 0.103. The molecule has 0 aliphatic heterocycles. The van der Waals surface area contributed by atoms with Gasteiger partial charge in [-0.15, -0.1) is 0 Å². The van der Waals surface area contributed by atoms with Gasteiger partial charge in [0, 0.05) is 25.4 Å². The fraction of sp³-hybridized carbons (Fsp3) is 0.438. The molecule has 108 valence electrons. The van der Waals surface area contributed by atoms with Crippen molar-refractivity contribution in [2.75, 3.05) is 6.54 Å². The summed E-state index contributed by atoms with van der Waals surface area (Å²) in [6.45, 7) is 6.99. The average molecular weight is 273 g/mol. The third-order valence-corrected chi connectivity index (χ3v) is 3.29. The molecule has 0 bridgehead atoms. The SMILES string of the molecule is Cn1cc(C(CN)Oc2cccc(C(C)(C)C)c2)cn1. The van der Waals surface area contributed by atoms with Crippen LogP contribution >= 0.6 is 0 Å². The molecule has 1 unspecified atom stereocenters. The average Bonchev–Trinajstić information content (AvgIpc) is 2.82. The van der Waals surface area contributed by atoms with E-state index in [1.54, 1.807) is 10.9 Å². The van der Waals surface area contributed by atoms with E-state index in [1.165, 1.54) is 5.56 Å². The van der Waals surface area contributed by atoms with Gasteiger partial charge in [-0.25, -0.2) is 0 Å². The van der Waals surface area contributed by atoms with Crippen molar-refractivity contribution in [3.63, 3.8) is 0 Å². The molecule has 1 aromatic heterocycles. The lowest BCUT2D eigenvalue weighted by molar-refractivity contribution is 0.213. The van der Waals surface area contributed by atoms with E-state index in [9.17, 15) is 0 Å². The minimum atomic E-state index is -0.168. The Morgan fingerprint density at radius 2 is 2.10 bits per heavy atom. The molecule has 0 aliphatic rings. The van der Waals surface area contributed by atoms with Crippen LogP contribution in [-0.2, 0) is 12.5 Å². The molecular formula is C16H23N3O. The first-order chi connectivity index (χ1) is 9.40. The number of aromatic nitrogens is 2. The molecule has 4 nitrogen and oxygen atoms in total. The second kappa shape index (κ2) is 5.67. The summed E-state index contributed by atoms with van der Waals surface area (Å²) in [4.78, 5) is 0. The number of nitrogens with two attached hydrogens (primary N) is 1. The highest BCUT2D eigenvalue weighted by Gasteiger charge is 2.17. The van der Waals surface area contributed by atoms with Crippen molar-refractivity contribution in [3.8, 4) is 5.75 Å². The van der Waals surface area contributed by atoms with Gasteiger partial charge in [0.05, 0.1) is 6.20 Å². The lowest BCUT2D eigenvalue weighted by Crippen LogP contribution is -2.18. The topological polar surface area (TPSA) is 53.1 Å². The monoisotopic (exact) mass is 273 g/mol. The zero-order chi connectivity index (χ0) is 14.8. The summed E-state index contributed by atoms with van der Waals surface area (Å²) in [6, 6.07) is 8.19. The molecule has 0 spiro atoms. The van der Waals surface area contributed by atoms with Gasteiger partial charge in [0.25, 0.3) is 0 Å². The molecule has 1 heterocycles. The Morgan fingerprint density at radius 3 is 2.65 bits per heavy atom. The highest BCUT2D eigenvalue weighted by molar-refractivity contribution is 5.33. The van der Waals surface area contributed by atoms with Crippen LogP contribution < -0.4 is 10.5 Å². The van der Waals surface area contributed by atoms with E-state index in [1.807, 2.05) is 25.4 Å². The molecule has 20 heavy (non-hydrogen) atoms. The summed E-state index contributed by atoms with van der Waals surface area (Å²) < 4.78 is 7.78. The van der Waals surface area contributed by atoms with Gasteiger partial charge in [-0.3, -0.25) is 4.68 Å². The first kappa shape index (κ1) is 14.6. The first-order valence-corrected chi connectivity index (χ1v) is 6.86. The fourth-order valence-corrected chi connectivity index (χ4v) is 2.06. The quantitative estimate of drug-likeness (QED) is 0.932. The van der Waals surface area contributed by atoms with Crippen LogP contribution in [0.1, 0.15) is 38.0 Å². The number of benzene rings is 1. The van der Waals surface area contributed by atoms with Crippen molar-refractivity contribution in [1.29, 1.82) is 0 Å². The van der Waals surface area contributed by atoms with Gasteiger partial charge in [-0.2, -0.15) is 5.10 Å². The van der Waals surface area contributed by atoms with Crippen LogP contribution in [0.25, 0.3) is 0 Å². The van der Waals surface area contributed by atoms with Crippen molar-refractivity contribution >= 4 is 0 Å². The maximum Gasteiger partial charge on any atom is 0.139 e. The standard InChI is InChI=1S/C16H23N3O/c1-16(2,3)13-6-5-7-14(8-13)20-15(9-17)12-10-18-19(4)11-12/h5-8,10-11,15H,9,17H2,1-4H3. The number of hydrogen-bond acceptors (Lipinski definition) is 3. The summed E-state index contributed by atoms with van der Waals surface area (Å²) >= 11 is 0. The van der Waals surface area contributed by atoms with Gasteiger partial charge in [0.1, 0.15) is 11.9 Å². The third kappa shape index (κ3) is 3.39. The summed E-state index contributed by atoms with van der Waals surface area (Å²) in [5, 5.41) is 4.17. The van der Waals surface area contributed by atoms with Crippen molar-refractivity contribution in [2.45, 2.75) is 32.3 Å². The number of rotatable bonds is 4. The van der Waals surface area contributed by atoms with Crippen LogP contribution in [-0.4, -0.2) is 16.3 Å². The van der Waals surface area contributed by atoms with Crippen LogP contribution in [0.5, 0.6) is 5.75 Å². The molecular weight excluding hydrogens is 250 g/mol. The molecule has 0 fully saturated rings. The van der Waals surface area contributed by atoms with E-state index in [4.69, 9.17) is 10.5 Å². The van der Waals surface area contributed by atoms with Crippen LogP contribution in [0.15, 0.2) is 36.7 Å².